The summed E-state index contributed by atoms with van der Waals surface area (Å²) in [5.74, 6) is -0.382. The van der Waals surface area contributed by atoms with E-state index in [-0.39, 0.29) is 23.4 Å². The fourth-order valence-corrected chi connectivity index (χ4v) is 3.05. The molecule has 0 aromatic heterocycles. The third kappa shape index (κ3) is 4.73. The summed E-state index contributed by atoms with van der Waals surface area (Å²) >= 11 is 0. The molecule has 1 aromatic rings. The average molecular weight is 359 g/mol. The van der Waals surface area contributed by atoms with Gasteiger partial charge in [-0.15, -0.1) is 0 Å². The fourth-order valence-electron chi connectivity index (χ4n) is 3.05. The Kier molecular flexibility index (Phi) is 6.08. The standard InChI is InChI=1S/C19H22FN3O3/c20-17-11-15(12-21)1-2-18(17)26-16-3-7-23(8-4-16)19(24)22-13-14-5-9-25-10-6-14/h1-2,5,11,16H,3-4,6-10,13H2,(H,22,24). The minimum atomic E-state index is -0.533. The lowest BCUT2D eigenvalue weighted by Crippen LogP contribution is -2.47. The second-order valence-corrected chi connectivity index (χ2v) is 6.41. The van der Waals surface area contributed by atoms with Gasteiger partial charge >= 0.3 is 6.03 Å². The number of ether oxygens (including phenoxy) is 2. The van der Waals surface area contributed by atoms with Gasteiger partial charge in [0.25, 0.3) is 0 Å². The molecule has 2 aliphatic rings. The maximum Gasteiger partial charge on any atom is 0.317 e. The summed E-state index contributed by atoms with van der Waals surface area (Å²) in [6.07, 6.45) is 4.01. The molecule has 7 heteroatoms. The van der Waals surface area contributed by atoms with Crippen molar-refractivity contribution in [2.45, 2.75) is 25.4 Å². The molecule has 0 atom stereocenters. The molecule has 1 aromatic carbocycles. The number of rotatable bonds is 4. The highest BCUT2D eigenvalue weighted by Crippen LogP contribution is 2.23. The zero-order valence-electron chi connectivity index (χ0n) is 14.5. The maximum absolute atomic E-state index is 13.9. The van der Waals surface area contributed by atoms with Crippen LogP contribution >= 0.6 is 0 Å². The van der Waals surface area contributed by atoms with Crippen molar-refractivity contribution in [3.05, 3.63) is 41.2 Å². The van der Waals surface area contributed by atoms with Crippen molar-refractivity contribution < 1.29 is 18.7 Å². The molecule has 0 aliphatic carbocycles. The molecule has 0 radical (unpaired) electrons. The van der Waals surface area contributed by atoms with Gasteiger partial charge in [0.2, 0.25) is 0 Å². The summed E-state index contributed by atoms with van der Waals surface area (Å²) in [4.78, 5) is 14.0. The van der Waals surface area contributed by atoms with E-state index >= 15 is 0 Å². The Morgan fingerprint density at radius 1 is 1.42 bits per heavy atom. The summed E-state index contributed by atoms with van der Waals surface area (Å²) in [5, 5.41) is 11.7. The monoisotopic (exact) mass is 359 g/mol. The molecule has 0 bridgehead atoms. The minimum Gasteiger partial charge on any atom is -0.487 e. The average Bonchev–Trinajstić information content (AvgIpc) is 2.69. The van der Waals surface area contributed by atoms with E-state index in [4.69, 9.17) is 14.7 Å². The molecule has 1 saturated heterocycles. The zero-order valence-corrected chi connectivity index (χ0v) is 14.5. The normalized spacial score (nSPS) is 18.0. The van der Waals surface area contributed by atoms with Gasteiger partial charge in [0, 0.05) is 32.5 Å². The topological polar surface area (TPSA) is 74.6 Å². The fraction of sp³-hybridized carbons (Fsp3) is 0.474. The smallest absolute Gasteiger partial charge is 0.317 e. The number of halogens is 1. The molecular weight excluding hydrogens is 337 g/mol. The second kappa shape index (κ2) is 8.68. The summed E-state index contributed by atoms with van der Waals surface area (Å²) in [5.41, 5.74) is 1.46. The quantitative estimate of drug-likeness (QED) is 0.839. The lowest BCUT2D eigenvalue weighted by Gasteiger charge is -2.32. The molecule has 3 rings (SSSR count). The summed E-state index contributed by atoms with van der Waals surface area (Å²) in [7, 11) is 0. The SMILES string of the molecule is N#Cc1ccc(OC2CCN(C(=O)NCC3=CCOCC3)CC2)c(F)c1. The van der Waals surface area contributed by atoms with Crippen LogP contribution in [-0.4, -0.2) is 49.9 Å². The van der Waals surface area contributed by atoms with Crippen LogP contribution in [0.1, 0.15) is 24.8 Å². The number of likely N-dealkylation sites (tertiary alicyclic amines) is 1. The van der Waals surface area contributed by atoms with Gasteiger partial charge in [-0.3, -0.25) is 0 Å². The van der Waals surface area contributed by atoms with Gasteiger partial charge in [0.1, 0.15) is 6.10 Å². The Labute approximate surface area is 152 Å². The number of amides is 2. The first-order valence-corrected chi connectivity index (χ1v) is 8.80. The van der Waals surface area contributed by atoms with Gasteiger partial charge in [0.05, 0.1) is 24.8 Å². The highest BCUT2D eigenvalue weighted by atomic mass is 19.1. The first-order chi connectivity index (χ1) is 12.7. The highest BCUT2D eigenvalue weighted by molar-refractivity contribution is 5.74. The largest absolute Gasteiger partial charge is 0.487 e. The number of carbonyl (C=O) groups is 1. The number of nitrogens with one attached hydrogen (secondary N) is 1. The van der Waals surface area contributed by atoms with Gasteiger partial charge in [-0.05, 0) is 24.6 Å². The first-order valence-electron chi connectivity index (χ1n) is 8.80. The number of nitriles is 1. The van der Waals surface area contributed by atoms with Gasteiger partial charge in [0.15, 0.2) is 11.6 Å². The summed E-state index contributed by atoms with van der Waals surface area (Å²) in [6.45, 7) is 3.00. The van der Waals surface area contributed by atoms with Crippen LogP contribution in [0, 0.1) is 17.1 Å². The molecule has 26 heavy (non-hydrogen) atoms. The van der Waals surface area contributed by atoms with E-state index < -0.39 is 5.82 Å². The lowest BCUT2D eigenvalue weighted by atomic mass is 10.1. The van der Waals surface area contributed by atoms with E-state index in [2.05, 4.69) is 5.32 Å². The van der Waals surface area contributed by atoms with Gasteiger partial charge < -0.3 is 19.7 Å². The van der Waals surface area contributed by atoms with Crippen LogP contribution < -0.4 is 10.1 Å². The number of urea groups is 1. The van der Waals surface area contributed by atoms with E-state index in [9.17, 15) is 9.18 Å². The van der Waals surface area contributed by atoms with Gasteiger partial charge in [-0.25, -0.2) is 9.18 Å². The van der Waals surface area contributed by atoms with E-state index in [0.29, 0.717) is 45.7 Å². The molecule has 6 nitrogen and oxygen atoms in total. The predicted octanol–water partition coefficient (Wildman–Crippen LogP) is 2.60. The van der Waals surface area contributed by atoms with Crippen molar-refractivity contribution in [2.24, 2.45) is 0 Å². The molecular formula is C19H22FN3O3. The van der Waals surface area contributed by atoms with Crippen LogP contribution in [0.25, 0.3) is 0 Å². The Balaban J connectivity index is 1.44. The third-order valence-electron chi connectivity index (χ3n) is 4.61. The molecule has 2 amide bonds. The van der Waals surface area contributed by atoms with E-state index in [0.717, 1.165) is 6.42 Å². The molecule has 1 fully saturated rings. The van der Waals surface area contributed by atoms with E-state index in [1.165, 1.54) is 23.8 Å². The predicted molar refractivity (Wildman–Crippen MR) is 93.3 cm³/mol. The molecule has 0 saturated carbocycles. The number of benzene rings is 1. The summed E-state index contributed by atoms with van der Waals surface area (Å²) in [6, 6.07) is 6.00. The number of hydrogen-bond donors (Lipinski definition) is 1. The Bertz CT molecular complexity index is 721. The second-order valence-electron chi connectivity index (χ2n) is 6.41. The number of nitrogens with zero attached hydrogens (tertiary/aromatic N) is 2. The van der Waals surface area contributed by atoms with E-state index in [1.54, 1.807) is 4.90 Å². The molecule has 138 valence electrons. The Hall–Kier alpha value is -2.59. The van der Waals surface area contributed by atoms with Crippen LogP contribution in [0.4, 0.5) is 9.18 Å². The minimum absolute atomic E-state index is 0.0830. The zero-order chi connectivity index (χ0) is 18.4. The van der Waals surface area contributed by atoms with Crippen molar-refractivity contribution in [3.63, 3.8) is 0 Å². The highest BCUT2D eigenvalue weighted by Gasteiger charge is 2.24. The lowest BCUT2D eigenvalue weighted by molar-refractivity contribution is 0.107. The van der Waals surface area contributed by atoms with Gasteiger partial charge in [-0.1, -0.05) is 11.6 Å². The molecule has 0 unspecified atom stereocenters. The first kappa shape index (κ1) is 18.2. The van der Waals surface area contributed by atoms with Crippen LogP contribution in [0.15, 0.2) is 29.8 Å². The molecule has 2 aliphatic heterocycles. The maximum atomic E-state index is 13.9. The van der Waals surface area contributed by atoms with E-state index in [1.807, 2.05) is 12.1 Å². The van der Waals surface area contributed by atoms with Crippen LogP contribution in [0.5, 0.6) is 5.75 Å². The van der Waals surface area contributed by atoms with Crippen molar-refractivity contribution in [1.29, 1.82) is 5.26 Å². The van der Waals surface area contributed by atoms with Crippen LogP contribution in [0.3, 0.4) is 0 Å². The van der Waals surface area contributed by atoms with Crippen LogP contribution in [0.2, 0.25) is 0 Å². The van der Waals surface area contributed by atoms with Crippen molar-refractivity contribution >= 4 is 6.03 Å². The van der Waals surface area contributed by atoms with Crippen molar-refractivity contribution in [2.75, 3.05) is 32.8 Å². The molecule has 2 heterocycles. The van der Waals surface area contributed by atoms with Crippen LogP contribution in [-0.2, 0) is 4.74 Å². The van der Waals surface area contributed by atoms with Gasteiger partial charge in [-0.2, -0.15) is 5.26 Å². The Morgan fingerprint density at radius 2 is 2.23 bits per heavy atom. The third-order valence-corrected chi connectivity index (χ3v) is 4.61. The van der Waals surface area contributed by atoms with Crippen molar-refractivity contribution in [1.82, 2.24) is 10.2 Å². The Morgan fingerprint density at radius 3 is 2.88 bits per heavy atom. The number of hydrogen-bond acceptors (Lipinski definition) is 4. The molecule has 1 N–H and O–H groups in total. The van der Waals surface area contributed by atoms with Crippen molar-refractivity contribution in [3.8, 4) is 11.8 Å². The number of carbonyl (C=O) groups excluding carboxylic acids is 1. The summed E-state index contributed by atoms with van der Waals surface area (Å²) < 4.78 is 24.9. The molecule has 0 spiro atoms. The number of piperidine rings is 1.